The van der Waals surface area contributed by atoms with Crippen LogP contribution in [0.15, 0.2) is 47.6 Å². The molecular formula is C17H17ClN4O2S. The highest BCUT2D eigenvalue weighted by atomic mass is 35.5. The smallest absolute Gasteiger partial charge is 0.214 e. The second-order valence-electron chi connectivity index (χ2n) is 5.40. The normalized spacial score (nSPS) is 12.2. The van der Waals surface area contributed by atoms with Crippen LogP contribution in [0.2, 0.25) is 5.02 Å². The molecule has 8 heteroatoms. The monoisotopic (exact) mass is 376 g/mol. The van der Waals surface area contributed by atoms with Crippen LogP contribution in [0.25, 0.3) is 5.69 Å². The molecule has 1 heterocycles. The third kappa shape index (κ3) is 3.95. The predicted octanol–water partition coefficient (Wildman–Crippen LogP) is 3.46. The van der Waals surface area contributed by atoms with Crippen LogP contribution >= 0.6 is 23.4 Å². The van der Waals surface area contributed by atoms with Crippen molar-refractivity contribution in [2.24, 2.45) is 0 Å². The first-order valence-corrected chi connectivity index (χ1v) is 8.95. The molecule has 25 heavy (non-hydrogen) atoms. The average Bonchev–Trinajstić information content (AvgIpc) is 3.08. The molecule has 0 radical (unpaired) electrons. The van der Waals surface area contributed by atoms with Gasteiger partial charge in [0.25, 0.3) is 0 Å². The van der Waals surface area contributed by atoms with Crippen LogP contribution in [0, 0.1) is 6.92 Å². The Bertz CT molecular complexity index is 871. The average molecular weight is 377 g/mol. The maximum Gasteiger partial charge on any atom is 0.214 e. The summed E-state index contributed by atoms with van der Waals surface area (Å²) >= 11 is 7.48. The van der Waals surface area contributed by atoms with E-state index in [9.17, 15) is 5.11 Å². The maximum atomic E-state index is 10.4. The van der Waals surface area contributed by atoms with E-state index in [4.69, 9.17) is 16.3 Å². The first-order valence-electron chi connectivity index (χ1n) is 7.59. The fourth-order valence-corrected chi connectivity index (χ4v) is 3.47. The van der Waals surface area contributed by atoms with Gasteiger partial charge in [-0.25, -0.2) is 0 Å². The van der Waals surface area contributed by atoms with Crippen molar-refractivity contribution in [2.45, 2.75) is 18.2 Å². The van der Waals surface area contributed by atoms with Gasteiger partial charge < -0.3 is 9.84 Å². The number of rotatable bonds is 6. The Morgan fingerprint density at radius 1 is 1.28 bits per heavy atom. The van der Waals surface area contributed by atoms with Crippen LogP contribution in [-0.2, 0) is 0 Å². The number of methoxy groups -OCH3 is 1. The molecule has 0 amide bonds. The lowest BCUT2D eigenvalue weighted by Crippen LogP contribution is -2.05. The van der Waals surface area contributed by atoms with E-state index in [-0.39, 0.29) is 0 Å². The van der Waals surface area contributed by atoms with Crippen molar-refractivity contribution in [3.63, 3.8) is 0 Å². The quantitative estimate of drug-likeness (QED) is 0.664. The fraction of sp³-hybridized carbons (Fsp3) is 0.235. The van der Waals surface area contributed by atoms with Crippen LogP contribution in [-0.4, -0.2) is 38.2 Å². The molecule has 0 fully saturated rings. The highest BCUT2D eigenvalue weighted by Gasteiger charge is 2.17. The number of nitrogens with zero attached hydrogens (tertiary/aromatic N) is 4. The van der Waals surface area contributed by atoms with Crippen molar-refractivity contribution in [1.82, 2.24) is 20.2 Å². The topological polar surface area (TPSA) is 73.1 Å². The molecule has 0 aliphatic carbocycles. The van der Waals surface area contributed by atoms with Crippen LogP contribution in [0.1, 0.15) is 17.2 Å². The van der Waals surface area contributed by atoms with Crippen LogP contribution in [0.4, 0.5) is 0 Å². The van der Waals surface area contributed by atoms with Crippen molar-refractivity contribution in [3.05, 3.63) is 58.6 Å². The van der Waals surface area contributed by atoms with Gasteiger partial charge in [0.05, 0.1) is 13.2 Å². The van der Waals surface area contributed by atoms with E-state index >= 15 is 0 Å². The molecule has 6 nitrogen and oxygen atoms in total. The lowest BCUT2D eigenvalue weighted by Gasteiger charge is -2.13. The minimum Gasteiger partial charge on any atom is -0.494 e. The summed E-state index contributed by atoms with van der Waals surface area (Å²) in [5, 5.41) is 23.4. The van der Waals surface area contributed by atoms with E-state index in [1.807, 2.05) is 37.3 Å². The van der Waals surface area contributed by atoms with Crippen molar-refractivity contribution in [2.75, 3.05) is 12.9 Å². The molecule has 0 saturated carbocycles. The van der Waals surface area contributed by atoms with E-state index in [1.54, 1.807) is 23.9 Å². The van der Waals surface area contributed by atoms with Gasteiger partial charge in [0.2, 0.25) is 5.16 Å². The van der Waals surface area contributed by atoms with E-state index in [2.05, 4.69) is 15.5 Å². The highest BCUT2D eigenvalue weighted by Crippen LogP contribution is 2.30. The molecule has 130 valence electrons. The van der Waals surface area contributed by atoms with Gasteiger partial charge in [-0.3, -0.25) is 0 Å². The molecule has 0 saturated heterocycles. The first kappa shape index (κ1) is 17.7. The molecule has 2 aromatic carbocycles. The molecule has 3 rings (SSSR count). The van der Waals surface area contributed by atoms with Gasteiger partial charge >= 0.3 is 0 Å². The molecule has 0 spiro atoms. The lowest BCUT2D eigenvalue weighted by atomic mass is 10.1. The number of aliphatic hydroxyl groups is 1. The predicted molar refractivity (Wildman–Crippen MR) is 97.6 cm³/mol. The molecule has 0 bridgehead atoms. The summed E-state index contributed by atoms with van der Waals surface area (Å²) in [5.74, 6) is 1.05. The number of tetrazole rings is 1. The molecule has 1 unspecified atom stereocenters. The number of aryl methyl sites for hydroxylation is 1. The third-order valence-corrected chi connectivity index (χ3v) is 4.98. The standard InChI is InChI=1S/C17H17ClN4O2S/c1-11-7-8-16(24-2)14(9-11)22-17(19-20-21-22)25-10-15(23)12-5-3-4-6-13(12)18/h3-9,15,23H,10H2,1-2H3. The van der Waals surface area contributed by atoms with Gasteiger partial charge in [0, 0.05) is 10.8 Å². The van der Waals surface area contributed by atoms with Gasteiger partial charge in [-0.15, -0.1) is 5.10 Å². The highest BCUT2D eigenvalue weighted by molar-refractivity contribution is 7.99. The SMILES string of the molecule is COc1ccc(C)cc1-n1nnnc1SCC(O)c1ccccc1Cl. The Kier molecular flexibility index (Phi) is 5.57. The van der Waals surface area contributed by atoms with E-state index < -0.39 is 6.10 Å². The van der Waals surface area contributed by atoms with Crippen molar-refractivity contribution in [3.8, 4) is 11.4 Å². The van der Waals surface area contributed by atoms with Gasteiger partial charge in [-0.05, 0) is 46.7 Å². The number of halogens is 1. The van der Waals surface area contributed by atoms with Gasteiger partial charge in [0.1, 0.15) is 11.4 Å². The van der Waals surface area contributed by atoms with Crippen molar-refractivity contribution in [1.29, 1.82) is 0 Å². The minimum atomic E-state index is -0.719. The first-order chi connectivity index (χ1) is 12.1. The van der Waals surface area contributed by atoms with E-state index in [0.29, 0.717) is 27.2 Å². The number of aromatic nitrogens is 4. The Hall–Kier alpha value is -2.09. The molecule has 1 N–H and O–H groups in total. The summed E-state index contributed by atoms with van der Waals surface area (Å²) in [6, 6.07) is 13.0. The number of thioether (sulfide) groups is 1. The molecule has 0 aliphatic heterocycles. The number of aliphatic hydroxyl groups excluding tert-OH is 1. The van der Waals surface area contributed by atoms with Gasteiger partial charge in [-0.1, -0.05) is 47.6 Å². The summed E-state index contributed by atoms with van der Waals surface area (Å²) in [7, 11) is 1.60. The number of ether oxygens (including phenoxy) is 1. The maximum absolute atomic E-state index is 10.4. The molecule has 0 aliphatic rings. The Morgan fingerprint density at radius 2 is 2.08 bits per heavy atom. The minimum absolute atomic E-state index is 0.373. The van der Waals surface area contributed by atoms with Crippen molar-refractivity contribution >= 4 is 23.4 Å². The molecular weight excluding hydrogens is 360 g/mol. The summed E-state index contributed by atoms with van der Waals surface area (Å²) < 4.78 is 7.00. The summed E-state index contributed by atoms with van der Waals surface area (Å²) in [6.45, 7) is 1.99. The second kappa shape index (κ2) is 7.86. The number of benzene rings is 2. The van der Waals surface area contributed by atoms with Crippen LogP contribution < -0.4 is 4.74 Å². The van der Waals surface area contributed by atoms with Gasteiger partial charge in [0.15, 0.2) is 0 Å². The Balaban J connectivity index is 1.81. The van der Waals surface area contributed by atoms with E-state index in [1.165, 1.54) is 11.8 Å². The third-order valence-electron chi connectivity index (χ3n) is 3.64. The molecule has 1 atom stereocenters. The van der Waals surface area contributed by atoms with E-state index in [0.717, 1.165) is 11.3 Å². The number of hydrogen-bond acceptors (Lipinski definition) is 6. The largest absolute Gasteiger partial charge is 0.494 e. The number of hydrogen-bond donors (Lipinski definition) is 1. The van der Waals surface area contributed by atoms with Crippen LogP contribution in [0.3, 0.4) is 0 Å². The van der Waals surface area contributed by atoms with Crippen LogP contribution in [0.5, 0.6) is 5.75 Å². The summed E-state index contributed by atoms with van der Waals surface area (Å²) in [6.07, 6.45) is -0.719. The van der Waals surface area contributed by atoms with Crippen molar-refractivity contribution < 1.29 is 9.84 Å². The zero-order chi connectivity index (χ0) is 17.8. The fourth-order valence-electron chi connectivity index (χ4n) is 2.37. The molecule has 3 aromatic rings. The summed E-state index contributed by atoms with van der Waals surface area (Å²) in [5.41, 5.74) is 2.50. The zero-order valence-electron chi connectivity index (χ0n) is 13.8. The Labute approximate surface area is 154 Å². The Morgan fingerprint density at radius 3 is 2.84 bits per heavy atom. The molecule has 1 aromatic heterocycles. The lowest BCUT2D eigenvalue weighted by molar-refractivity contribution is 0.204. The second-order valence-corrected chi connectivity index (χ2v) is 6.79. The van der Waals surface area contributed by atoms with Gasteiger partial charge in [-0.2, -0.15) is 4.68 Å². The summed E-state index contributed by atoms with van der Waals surface area (Å²) in [4.78, 5) is 0. The zero-order valence-corrected chi connectivity index (χ0v) is 15.3.